The van der Waals surface area contributed by atoms with Gasteiger partial charge in [-0.3, -0.25) is 4.79 Å². The number of aromatic nitrogens is 3. The van der Waals surface area contributed by atoms with E-state index in [-0.39, 0.29) is 35.2 Å². The van der Waals surface area contributed by atoms with E-state index in [1.54, 1.807) is 34.9 Å². The van der Waals surface area contributed by atoms with Crippen LogP contribution in [0.2, 0.25) is 5.02 Å². The van der Waals surface area contributed by atoms with Crippen LogP contribution in [0, 0.1) is 28.8 Å². The zero-order valence-corrected chi connectivity index (χ0v) is 21.4. The minimum absolute atomic E-state index is 0.0591. The van der Waals surface area contributed by atoms with Crippen molar-refractivity contribution < 1.29 is 22.4 Å². The number of hydrogen-bond acceptors (Lipinski definition) is 5. The number of carbonyl (C=O) groups is 1. The minimum atomic E-state index is -0.807. The monoisotopic (exact) mass is 561 g/mol. The van der Waals surface area contributed by atoms with Crippen molar-refractivity contribution in [3.05, 3.63) is 130 Å². The SMILES string of the molecule is N#Cc1ccc(Cn2cnnc2CN(Cc2ccc(F)cc2F)C(=O)c2ccc(-c3ccc(F)c(Cl)c3)o2)cc1. The number of furan rings is 1. The molecular weight excluding hydrogens is 543 g/mol. The van der Waals surface area contributed by atoms with Gasteiger partial charge in [-0.25, -0.2) is 13.2 Å². The van der Waals surface area contributed by atoms with Crippen molar-refractivity contribution >= 4 is 17.5 Å². The molecule has 0 unspecified atom stereocenters. The maximum Gasteiger partial charge on any atom is 0.290 e. The minimum Gasteiger partial charge on any atom is -0.451 e. The van der Waals surface area contributed by atoms with Gasteiger partial charge in [0.05, 0.1) is 29.7 Å². The first kappa shape index (κ1) is 26.7. The average Bonchev–Trinajstić information content (AvgIpc) is 3.61. The molecule has 3 aromatic carbocycles. The van der Waals surface area contributed by atoms with E-state index in [9.17, 15) is 18.0 Å². The van der Waals surface area contributed by atoms with Gasteiger partial charge >= 0.3 is 0 Å². The second-order valence-corrected chi connectivity index (χ2v) is 9.28. The maximum atomic E-state index is 14.6. The Labute approximate surface area is 231 Å². The van der Waals surface area contributed by atoms with E-state index in [4.69, 9.17) is 21.3 Å². The highest BCUT2D eigenvalue weighted by Gasteiger charge is 2.24. The molecule has 1 amide bonds. The quantitative estimate of drug-likeness (QED) is 0.220. The summed E-state index contributed by atoms with van der Waals surface area (Å²) in [6.07, 6.45) is 1.50. The van der Waals surface area contributed by atoms with Crippen LogP contribution in [0.25, 0.3) is 11.3 Å². The molecule has 0 radical (unpaired) electrons. The number of hydrogen-bond donors (Lipinski definition) is 0. The van der Waals surface area contributed by atoms with E-state index in [0.29, 0.717) is 23.5 Å². The molecule has 200 valence electrons. The lowest BCUT2D eigenvalue weighted by Crippen LogP contribution is -2.31. The average molecular weight is 562 g/mol. The van der Waals surface area contributed by atoms with E-state index in [2.05, 4.69) is 16.3 Å². The summed E-state index contributed by atoms with van der Waals surface area (Å²) in [5, 5.41) is 17.0. The van der Waals surface area contributed by atoms with Crippen LogP contribution in [0.1, 0.15) is 33.1 Å². The van der Waals surface area contributed by atoms with Crippen LogP contribution in [-0.4, -0.2) is 25.6 Å². The number of nitriles is 1. The normalized spacial score (nSPS) is 10.9. The second kappa shape index (κ2) is 11.5. The molecule has 0 atom stereocenters. The number of rotatable bonds is 8. The van der Waals surface area contributed by atoms with Gasteiger partial charge in [-0.2, -0.15) is 5.26 Å². The summed E-state index contributed by atoms with van der Waals surface area (Å²) in [5.74, 6) is -2.11. The molecule has 40 heavy (non-hydrogen) atoms. The standard InChI is InChI=1S/C29H19ClF3N5O2/c30-23-11-20(6-8-24(23)32)26-9-10-27(40-26)29(39)37(15-21-5-7-22(31)12-25(21)33)16-28-36-35-17-38(28)14-19-3-1-18(13-34)2-4-19/h1-12,17H,14-16H2. The zero-order valence-electron chi connectivity index (χ0n) is 20.7. The first-order chi connectivity index (χ1) is 19.3. The molecule has 2 aromatic heterocycles. The smallest absolute Gasteiger partial charge is 0.290 e. The van der Waals surface area contributed by atoms with Crippen molar-refractivity contribution in [1.82, 2.24) is 19.7 Å². The zero-order chi connectivity index (χ0) is 28.2. The third-order valence-corrected chi connectivity index (χ3v) is 6.44. The lowest BCUT2D eigenvalue weighted by atomic mass is 10.1. The molecule has 0 aliphatic heterocycles. The highest BCUT2D eigenvalue weighted by atomic mass is 35.5. The predicted molar refractivity (Wildman–Crippen MR) is 139 cm³/mol. The van der Waals surface area contributed by atoms with Gasteiger partial charge in [-0.1, -0.05) is 29.8 Å². The lowest BCUT2D eigenvalue weighted by Gasteiger charge is -2.22. The van der Waals surface area contributed by atoms with Crippen molar-refractivity contribution in [1.29, 1.82) is 5.26 Å². The Morgan fingerprint density at radius 3 is 2.50 bits per heavy atom. The van der Waals surface area contributed by atoms with Crippen molar-refractivity contribution in [2.75, 3.05) is 0 Å². The number of carbonyl (C=O) groups excluding carboxylic acids is 1. The maximum absolute atomic E-state index is 14.6. The molecule has 0 saturated carbocycles. The molecule has 2 heterocycles. The van der Waals surface area contributed by atoms with Crippen molar-refractivity contribution in [3.63, 3.8) is 0 Å². The Morgan fingerprint density at radius 1 is 0.975 bits per heavy atom. The van der Waals surface area contributed by atoms with Gasteiger partial charge < -0.3 is 13.9 Å². The number of amides is 1. The van der Waals surface area contributed by atoms with Crippen molar-refractivity contribution in [3.8, 4) is 17.4 Å². The Kier molecular flexibility index (Phi) is 7.66. The van der Waals surface area contributed by atoms with Gasteiger partial charge in [0.25, 0.3) is 5.91 Å². The third kappa shape index (κ3) is 5.90. The van der Waals surface area contributed by atoms with Crippen LogP contribution < -0.4 is 0 Å². The van der Waals surface area contributed by atoms with Crippen LogP contribution in [0.3, 0.4) is 0 Å². The van der Waals surface area contributed by atoms with Gasteiger partial charge in [0.2, 0.25) is 0 Å². The second-order valence-electron chi connectivity index (χ2n) is 8.87. The number of nitrogens with zero attached hydrogens (tertiary/aromatic N) is 5. The highest BCUT2D eigenvalue weighted by Crippen LogP contribution is 2.28. The predicted octanol–water partition coefficient (Wildman–Crippen LogP) is 6.37. The summed E-state index contributed by atoms with van der Waals surface area (Å²) < 4.78 is 49.2. The van der Waals surface area contributed by atoms with E-state index in [0.717, 1.165) is 17.7 Å². The van der Waals surface area contributed by atoms with E-state index in [1.165, 1.54) is 41.6 Å². The summed E-state index contributed by atoms with van der Waals surface area (Å²) in [5.41, 5.74) is 1.94. The highest BCUT2D eigenvalue weighted by molar-refractivity contribution is 6.31. The van der Waals surface area contributed by atoms with E-state index in [1.807, 2.05) is 0 Å². The first-order valence-electron chi connectivity index (χ1n) is 11.9. The van der Waals surface area contributed by atoms with Crippen molar-refractivity contribution in [2.45, 2.75) is 19.6 Å². The van der Waals surface area contributed by atoms with Crippen LogP contribution in [0.15, 0.2) is 83.5 Å². The van der Waals surface area contributed by atoms with Crippen LogP contribution in [0.5, 0.6) is 0 Å². The lowest BCUT2D eigenvalue weighted by molar-refractivity contribution is 0.0690. The summed E-state index contributed by atoms with van der Waals surface area (Å²) in [6, 6.07) is 19.2. The molecule has 11 heteroatoms. The molecule has 0 aliphatic rings. The molecule has 0 saturated heterocycles. The molecule has 7 nitrogen and oxygen atoms in total. The molecule has 0 bridgehead atoms. The van der Waals surface area contributed by atoms with Crippen LogP contribution >= 0.6 is 11.6 Å². The molecule has 0 fully saturated rings. The Morgan fingerprint density at radius 2 is 1.77 bits per heavy atom. The van der Waals surface area contributed by atoms with Gasteiger partial charge in [-0.15, -0.1) is 10.2 Å². The number of halogens is 4. The first-order valence-corrected chi connectivity index (χ1v) is 12.3. The van der Waals surface area contributed by atoms with Crippen molar-refractivity contribution in [2.24, 2.45) is 0 Å². The topological polar surface area (TPSA) is 88.0 Å². The molecule has 0 aliphatic carbocycles. The van der Waals surface area contributed by atoms with Gasteiger partial charge in [0, 0.05) is 23.7 Å². The molecule has 5 rings (SSSR count). The fourth-order valence-corrected chi connectivity index (χ4v) is 4.23. The summed E-state index contributed by atoms with van der Waals surface area (Å²) >= 11 is 5.88. The largest absolute Gasteiger partial charge is 0.451 e. The fourth-order valence-electron chi connectivity index (χ4n) is 4.05. The van der Waals surface area contributed by atoms with Crippen LogP contribution in [0.4, 0.5) is 13.2 Å². The molecule has 0 spiro atoms. The van der Waals surface area contributed by atoms with E-state index >= 15 is 0 Å². The van der Waals surface area contributed by atoms with Gasteiger partial charge in [-0.05, 0) is 54.1 Å². The van der Waals surface area contributed by atoms with Gasteiger partial charge in [0.15, 0.2) is 11.6 Å². The Balaban J connectivity index is 1.44. The number of benzene rings is 3. The summed E-state index contributed by atoms with van der Waals surface area (Å²) in [7, 11) is 0. The van der Waals surface area contributed by atoms with Gasteiger partial charge in [0.1, 0.15) is 29.5 Å². The summed E-state index contributed by atoms with van der Waals surface area (Å²) in [4.78, 5) is 14.9. The van der Waals surface area contributed by atoms with Crippen LogP contribution in [-0.2, 0) is 19.6 Å². The molecule has 0 N–H and O–H groups in total. The Hall–Kier alpha value is -4.88. The third-order valence-electron chi connectivity index (χ3n) is 6.15. The van der Waals surface area contributed by atoms with E-state index < -0.39 is 23.4 Å². The molecule has 5 aromatic rings. The fraction of sp³-hybridized carbons (Fsp3) is 0.103. The summed E-state index contributed by atoms with van der Waals surface area (Å²) in [6.45, 7) is 0.0641. The molecular formula is C29H19ClF3N5O2. The Bertz CT molecular complexity index is 1730.